The molecule has 2 aromatic heterocycles. The highest BCUT2D eigenvalue weighted by molar-refractivity contribution is 5.90. The van der Waals surface area contributed by atoms with Crippen LogP contribution in [0.2, 0.25) is 0 Å². The van der Waals surface area contributed by atoms with E-state index in [1.807, 2.05) is 12.4 Å². The van der Waals surface area contributed by atoms with Crippen LogP contribution in [0.5, 0.6) is 0 Å². The van der Waals surface area contributed by atoms with Crippen molar-refractivity contribution >= 4 is 10.8 Å². The quantitative estimate of drug-likeness (QED) is 0.180. The Labute approximate surface area is 246 Å². The van der Waals surface area contributed by atoms with Crippen molar-refractivity contribution in [3.05, 3.63) is 84.7 Å². The summed E-state index contributed by atoms with van der Waals surface area (Å²) in [5, 5.41) is 10.1. The van der Waals surface area contributed by atoms with Crippen molar-refractivity contribution in [1.29, 1.82) is 0 Å². The number of nitrogens with one attached hydrogen (secondary N) is 4. The summed E-state index contributed by atoms with van der Waals surface area (Å²) in [7, 11) is 0. The number of hydrogen-bond acceptors (Lipinski definition) is 4. The summed E-state index contributed by atoms with van der Waals surface area (Å²) in [5.74, 6) is 3.82. The van der Waals surface area contributed by atoms with Crippen LogP contribution in [0.1, 0.15) is 75.1 Å². The fraction of sp³-hybridized carbons (Fsp3) is 0.389. The van der Waals surface area contributed by atoms with Gasteiger partial charge >= 0.3 is 0 Å². The Hall–Kier alpha value is -3.74. The number of aromatic nitrogens is 4. The van der Waals surface area contributed by atoms with E-state index in [9.17, 15) is 0 Å². The molecule has 9 rings (SSSR count). The van der Waals surface area contributed by atoms with E-state index in [0.29, 0.717) is 24.2 Å². The molecule has 4 aliphatic rings. The van der Waals surface area contributed by atoms with Gasteiger partial charge in [0.2, 0.25) is 0 Å². The molecular formula is C36H38N6. The molecule has 0 amide bonds. The molecule has 6 heteroatoms. The molecule has 3 aromatic carbocycles. The lowest BCUT2D eigenvalue weighted by Gasteiger charge is -2.10. The van der Waals surface area contributed by atoms with Gasteiger partial charge in [0.25, 0.3) is 0 Å². The Balaban J connectivity index is 0.907. The summed E-state index contributed by atoms with van der Waals surface area (Å²) in [6, 6.07) is 24.5. The van der Waals surface area contributed by atoms with Crippen LogP contribution in [0.15, 0.2) is 73.1 Å². The van der Waals surface area contributed by atoms with Crippen LogP contribution < -0.4 is 10.6 Å². The topological polar surface area (TPSA) is 81.4 Å². The third-order valence-corrected chi connectivity index (χ3v) is 10.8. The van der Waals surface area contributed by atoms with Crippen molar-refractivity contribution in [2.75, 3.05) is 0 Å². The number of aromatic amines is 2. The minimum Gasteiger partial charge on any atom is -0.341 e. The first-order chi connectivity index (χ1) is 20.7. The van der Waals surface area contributed by atoms with Gasteiger partial charge in [-0.25, -0.2) is 9.97 Å². The molecule has 2 saturated carbocycles. The smallest absolute Gasteiger partial charge is 0.123 e. The van der Waals surface area contributed by atoms with Gasteiger partial charge in [0, 0.05) is 17.6 Å². The van der Waals surface area contributed by atoms with E-state index in [1.54, 1.807) is 0 Å². The zero-order valence-corrected chi connectivity index (χ0v) is 23.9. The van der Waals surface area contributed by atoms with Crippen molar-refractivity contribution in [2.45, 2.75) is 75.5 Å². The second-order valence-electron chi connectivity index (χ2n) is 13.2. The van der Waals surface area contributed by atoms with Crippen LogP contribution in [-0.4, -0.2) is 32.0 Å². The van der Waals surface area contributed by atoms with Crippen molar-refractivity contribution in [3.8, 4) is 33.6 Å². The van der Waals surface area contributed by atoms with Gasteiger partial charge in [-0.15, -0.1) is 0 Å². The zero-order valence-electron chi connectivity index (χ0n) is 23.9. The predicted molar refractivity (Wildman–Crippen MR) is 168 cm³/mol. The third-order valence-electron chi connectivity index (χ3n) is 10.8. The van der Waals surface area contributed by atoms with Crippen molar-refractivity contribution in [3.63, 3.8) is 0 Å². The van der Waals surface area contributed by atoms with E-state index >= 15 is 0 Å². The number of nitrogens with zero attached hydrogens (tertiary/aromatic N) is 2. The fourth-order valence-electron chi connectivity index (χ4n) is 8.47. The highest BCUT2D eigenvalue weighted by Crippen LogP contribution is 2.41. The van der Waals surface area contributed by atoms with Gasteiger partial charge in [-0.1, -0.05) is 61.4 Å². The summed E-state index contributed by atoms with van der Waals surface area (Å²) in [6.45, 7) is 0. The van der Waals surface area contributed by atoms with Gasteiger partial charge in [0.15, 0.2) is 0 Å². The van der Waals surface area contributed by atoms with Gasteiger partial charge < -0.3 is 20.6 Å². The average molecular weight is 555 g/mol. The molecule has 0 bridgehead atoms. The molecule has 6 atom stereocenters. The molecule has 0 spiro atoms. The van der Waals surface area contributed by atoms with E-state index in [1.165, 1.54) is 84.4 Å². The van der Waals surface area contributed by atoms with E-state index in [2.05, 4.69) is 81.3 Å². The van der Waals surface area contributed by atoms with Crippen LogP contribution >= 0.6 is 0 Å². The number of H-pyrrole nitrogens is 2. The average Bonchev–Trinajstić information content (AvgIpc) is 3.84. The molecule has 212 valence electrons. The summed E-state index contributed by atoms with van der Waals surface area (Å²) in [6.07, 6.45) is 14.5. The Morgan fingerprint density at radius 3 is 1.62 bits per heavy atom. The molecule has 4 heterocycles. The van der Waals surface area contributed by atoms with Crippen LogP contribution in [-0.2, 0) is 0 Å². The lowest BCUT2D eigenvalue weighted by Crippen LogP contribution is -2.24. The number of benzene rings is 3. The molecule has 2 aliphatic heterocycles. The summed E-state index contributed by atoms with van der Waals surface area (Å²) in [5.41, 5.74) is 7.01. The zero-order chi connectivity index (χ0) is 27.6. The Morgan fingerprint density at radius 1 is 0.524 bits per heavy atom. The Morgan fingerprint density at radius 2 is 1.02 bits per heavy atom. The molecule has 5 aromatic rings. The summed E-state index contributed by atoms with van der Waals surface area (Å²) >= 11 is 0. The molecule has 6 unspecified atom stereocenters. The second-order valence-corrected chi connectivity index (χ2v) is 13.2. The maximum Gasteiger partial charge on any atom is 0.123 e. The molecule has 0 radical (unpaired) electrons. The van der Waals surface area contributed by atoms with E-state index in [4.69, 9.17) is 9.97 Å². The highest BCUT2D eigenvalue weighted by atomic mass is 15.1. The van der Waals surface area contributed by atoms with E-state index in [0.717, 1.165) is 34.9 Å². The summed E-state index contributed by atoms with van der Waals surface area (Å²) in [4.78, 5) is 16.8. The third kappa shape index (κ3) is 4.31. The van der Waals surface area contributed by atoms with Gasteiger partial charge in [-0.05, 0) is 90.0 Å². The van der Waals surface area contributed by atoms with E-state index in [-0.39, 0.29) is 0 Å². The maximum absolute atomic E-state index is 4.77. The van der Waals surface area contributed by atoms with Crippen molar-refractivity contribution < 1.29 is 0 Å². The number of hydrogen-bond donors (Lipinski definition) is 4. The predicted octanol–water partition coefficient (Wildman–Crippen LogP) is 7.69. The van der Waals surface area contributed by atoms with Crippen LogP contribution in [0.3, 0.4) is 0 Å². The fourth-order valence-corrected chi connectivity index (χ4v) is 8.47. The standard InChI is InChI=1S/C36H38N6/c1-3-26-17-31(39-29(26)5-1)35-37-19-33(41-35)22-9-7-21(8-10-22)23-11-12-25-16-28(14-13-24(25)15-23)34-20-38-36(42-34)32-18-27-4-2-6-30(27)40-32/h7-16,19-20,26-27,29-32,39-40H,1-6,17-18H2,(H,37,41)(H,38,42). The molecule has 2 aliphatic carbocycles. The highest BCUT2D eigenvalue weighted by Gasteiger charge is 2.39. The lowest BCUT2D eigenvalue weighted by molar-refractivity contribution is 0.516. The number of imidazole rings is 2. The van der Waals surface area contributed by atoms with Gasteiger partial charge in [-0.2, -0.15) is 0 Å². The molecular weight excluding hydrogens is 516 g/mol. The first-order valence-electron chi connectivity index (χ1n) is 16.0. The minimum atomic E-state index is 0.364. The molecule has 4 fully saturated rings. The summed E-state index contributed by atoms with van der Waals surface area (Å²) < 4.78 is 0. The monoisotopic (exact) mass is 554 g/mol. The lowest BCUT2D eigenvalue weighted by atomic mass is 9.98. The maximum atomic E-state index is 4.77. The molecule has 6 nitrogen and oxygen atoms in total. The molecule has 4 N–H and O–H groups in total. The molecule has 2 saturated heterocycles. The largest absolute Gasteiger partial charge is 0.341 e. The Bertz CT molecular complexity index is 1720. The van der Waals surface area contributed by atoms with Gasteiger partial charge in [0.1, 0.15) is 11.6 Å². The second kappa shape index (κ2) is 9.92. The van der Waals surface area contributed by atoms with Crippen LogP contribution in [0, 0.1) is 11.8 Å². The normalized spacial score (nSPS) is 28.5. The van der Waals surface area contributed by atoms with Gasteiger partial charge in [0.05, 0.1) is 35.9 Å². The van der Waals surface area contributed by atoms with Crippen molar-refractivity contribution in [1.82, 2.24) is 30.6 Å². The molecule has 42 heavy (non-hydrogen) atoms. The van der Waals surface area contributed by atoms with Crippen molar-refractivity contribution in [2.24, 2.45) is 11.8 Å². The van der Waals surface area contributed by atoms with Gasteiger partial charge in [-0.3, -0.25) is 0 Å². The first kappa shape index (κ1) is 24.8. The SMILES string of the molecule is c1cc(-c2cnc(C3CC4CCCC4N3)[nH]2)ccc1-c1ccc2cc(-c3cnc(C4CC5CCCC5N4)[nH]3)ccc2c1. The Kier molecular flexibility index (Phi) is 5.86. The minimum absolute atomic E-state index is 0.364. The first-order valence-corrected chi connectivity index (χ1v) is 16.0. The van der Waals surface area contributed by atoms with E-state index < -0.39 is 0 Å². The number of rotatable bonds is 5. The van der Waals surface area contributed by atoms with Crippen LogP contribution in [0.25, 0.3) is 44.4 Å². The van der Waals surface area contributed by atoms with Crippen LogP contribution in [0.4, 0.5) is 0 Å². The number of fused-ring (bicyclic) bond motifs is 3.